The average molecular weight is 285 g/mol. The zero-order valence-corrected chi connectivity index (χ0v) is 10.4. The normalized spacial score (nSPS) is 10.8. The van der Waals surface area contributed by atoms with E-state index in [4.69, 9.17) is 0 Å². The first-order chi connectivity index (χ1) is 7.50. The van der Waals surface area contributed by atoms with Gasteiger partial charge in [0.2, 0.25) is 0 Å². The summed E-state index contributed by atoms with van der Waals surface area (Å²) in [6, 6.07) is 4.55. The fourth-order valence-electron chi connectivity index (χ4n) is 1.69. The highest BCUT2D eigenvalue weighted by atomic mass is 79.9. The van der Waals surface area contributed by atoms with Crippen LogP contribution >= 0.6 is 15.9 Å². The standard InChI is InChI=1S/C11H10BrFN2O/c1-6-10(11(16)15(2)14-6)8-5-7(12)3-4-9(8)13/h3-5,14H,1-2H3. The first-order valence-corrected chi connectivity index (χ1v) is 5.51. The summed E-state index contributed by atoms with van der Waals surface area (Å²) in [5.74, 6) is -0.400. The highest BCUT2D eigenvalue weighted by Crippen LogP contribution is 2.25. The minimum atomic E-state index is -0.400. The molecule has 1 aromatic carbocycles. The quantitative estimate of drug-likeness (QED) is 0.859. The van der Waals surface area contributed by atoms with Gasteiger partial charge in [-0.1, -0.05) is 15.9 Å². The van der Waals surface area contributed by atoms with E-state index >= 15 is 0 Å². The van der Waals surface area contributed by atoms with Gasteiger partial charge >= 0.3 is 0 Å². The van der Waals surface area contributed by atoms with Gasteiger partial charge in [-0.15, -0.1) is 0 Å². The molecule has 3 nitrogen and oxygen atoms in total. The van der Waals surface area contributed by atoms with Gasteiger partial charge in [0, 0.05) is 22.8 Å². The van der Waals surface area contributed by atoms with Crippen molar-refractivity contribution >= 4 is 15.9 Å². The molecule has 0 fully saturated rings. The molecule has 0 aliphatic carbocycles. The van der Waals surface area contributed by atoms with Gasteiger partial charge in [0.25, 0.3) is 5.56 Å². The Morgan fingerprint density at radius 2 is 2.12 bits per heavy atom. The van der Waals surface area contributed by atoms with E-state index in [1.807, 2.05) is 0 Å². The van der Waals surface area contributed by atoms with Crippen LogP contribution in [0.15, 0.2) is 27.5 Å². The lowest BCUT2D eigenvalue weighted by atomic mass is 10.1. The number of aromatic nitrogens is 2. The Hall–Kier alpha value is -1.36. The first kappa shape index (κ1) is 11.1. The van der Waals surface area contributed by atoms with Crippen LogP contribution in [0.2, 0.25) is 0 Å². The Labute approximate surface area is 100 Å². The lowest BCUT2D eigenvalue weighted by molar-refractivity contribution is 0.630. The van der Waals surface area contributed by atoms with E-state index in [1.54, 1.807) is 26.1 Å². The minimum absolute atomic E-state index is 0.227. The smallest absolute Gasteiger partial charge is 0.274 e. The van der Waals surface area contributed by atoms with Crippen molar-refractivity contribution in [2.24, 2.45) is 7.05 Å². The molecule has 1 aromatic heterocycles. The van der Waals surface area contributed by atoms with E-state index in [9.17, 15) is 9.18 Å². The molecule has 0 saturated carbocycles. The van der Waals surface area contributed by atoms with Crippen molar-refractivity contribution in [3.63, 3.8) is 0 Å². The van der Waals surface area contributed by atoms with Crippen LogP contribution < -0.4 is 5.56 Å². The summed E-state index contributed by atoms with van der Waals surface area (Å²) in [5.41, 5.74) is 1.12. The molecule has 84 valence electrons. The van der Waals surface area contributed by atoms with Crippen molar-refractivity contribution in [2.75, 3.05) is 0 Å². The molecule has 0 amide bonds. The summed E-state index contributed by atoms with van der Waals surface area (Å²) in [4.78, 5) is 11.8. The van der Waals surface area contributed by atoms with Crippen molar-refractivity contribution < 1.29 is 4.39 Å². The lowest BCUT2D eigenvalue weighted by Crippen LogP contribution is -2.13. The Kier molecular flexibility index (Phi) is 2.71. The van der Waals surface area contributed by atoms with Crippen LogP contribution in [0, 0.1) is 12.7 Å². The van der Waals surface area contributed by atoms with E-state index in [0.29, 0.717) is 16.8 Å². The molecule has 2 rings (SSSR count). The summed E-state index contributed by atoms with van der Waals surface area (Å²) in [7, 11) is 1.61. The van der Waals surface area contributed by atoms with Crippen LogP contribution in [0.5, 0.6) is 0 Å². The third-order valence-electron chi connectivity index (χ3n) is 2.43. The van der Waals surface area contributed by atoms with Gasteiger partial charge in [0.05, 0.1) is 5.56 Å². The van der Waals surface area contributed by atoms with Gasteiger partial charge < -0.3 is 0 Å². The second-order valence-electron chi connectivity index (χ2n) is 3.60. The van der Waals surface area contributed by atoms with Gasteiger partial charge in [0.15, 0.2) is 0 Å². The minimum Gasteiger partial charge on any atom is -0.300 e. The monoisotopic (exact) mass is 284 g/mol. The van der Waals surface area contributed by atoms with Crippen molar-refractivity contribution in [3.8, 4) is 11.1 Å². The summed E-state index contributed by atoms with van der Waals surface area (Å²) in [5, 5.41) is 2.84. The van der Waals surface area contributed by atoms with Gasteiger partial charge in [0.1, 0.15) is 5.82 Å². The van der Waals surface area contributed by atoms with Crippen LogP contribution in [0.3, 0.4) is 0 Å². The van der Waals surface area contributed by atoms with Crippen LogP contribution in [0.4, 0.5) is 4.39 Å². The fraction of sp³-hybridized carbons (Fsp3) is 0.182. The molecule has 0 spiro atoms. The third-order valence-corrected chi connectivity index (χ3v) is 2.92. The summed E-state index contributed by atoms with van der Waals surface area (Å²) >= 11 is 3.26. The molecule has 0 atom stereocenters. The molecule has 1 heterocycles. The zero-order valence-electron chi connectivity index (χ0n) is 8.84. The van der Waals surface area contributed by atoms with Crippen molar-refractivity contribution in [1.29, 1.82) is 0 Å². The highest BCUT2D eigenvalue weighted by Gasteiger charge is 2.15. The molecule has 0 radical (unpaired) electrons. The fourth-order valence-corrected chi connectivity index (χ4v) is 2.05. The van der Waals surface area contributed by atoms with E-state index in [-0.39, 0.29) is 5.56 Å². The Morgan fingerprint density at radius 3 is 2.69 bits per heavy atom. The number of halogens is 2. The number of nitrogens with one attached hydrogen (secondary N) is 1. The topological polar surface area (TPSA) is 37.8 Å². The maximum atomic E-state index is 13.6. The molecular formula is C11H10BrFN2O. The van der Waals surface area contributed by atoms with Gasteiger partial charge in [-0.05, 0) is 25.1 Å². The number of hydrogen-bond acceptors (Lipinski definition) is 1. The van der Waals surface area contributed by atoms with Crippen molar-refractivity contribution in [3.05, 3.63) is 44.5 Å². The second kappa shape index (κ2) is 3.90. The van der Waals surface area contributed by atoms with E-state index < -0.39 is 5.82 Å². The highest BCUT2D eigenvalue weighted by molar-refractivity contribution is 9.10. The number of rotatable bonds is 1. The molecule has 0 saturated heterocycles. The van der Waals surface area contributed by atoms with Gasteiger partial charge in [-0.3, -0.25) is 14.6 Å². The molecule has 0 bridgehead atoms. The summed E-state index contributed by atoms with van der Waals surface area (Å²) in [6.07, 6.45) is 0. The molecule has 1 N–H and O–H groups in total. The van der Waals surface area contributed by atoms with Crippen LogP contribution in [-0.2, 0) is 7.05 Å². The molecular weight excluding hydrogens is 275 g/mol. The SMILES string of the molecule is Cc1[nH]n(C)c(=O)c1-c1cc(Br)ccc1F. The Bertz CT molecular complexity index is 601. The molecule has 0 aliphatic heterocycles. The predicted octanol–water partition coefficient (Wildman–Crippen LogP) is 2.59. The first-order valence-electron chi connectivity index (χ1n) is 4.71. The number of aryl methyl sites for hydroxylation is 2. The maximum Gasteiger partial charge on any atom is 0.274 e. The van der Waals surface area contributed by atoms with Crippen LogP contribution in [0.25, 0.3) is 11.1 Å². The molecule has 5 heteroatoms. The van der Waals surface area contributed by atoms with Crippen LogP contribution in [-0.4, -0.2) is 9.78 Å². The lowest BCUT2D eigenvalue weighted by Gasteiger charge is -2.01. The van der Waals surface area contributed by atoms with Crippen LogP contribution in [0.1, 0.15) is 5.69 Å². The Morgan fingerprint density at radius 1 is 1.44 bits per heavy atom. The Balaban J connectivity index is 2.77. The number of aromatic amines is 1. The maximum absolute atomic E-state index is 13.6. The molecule has 16 heavy (non-hydrogen) atoms. The van der Waals surface area contributed by atoms with Gasteiger partial charge in [-0.25, -0.2) is 4.39 Å². The largest absolute Gasteiger partial charge is 0.300 e. The second-order valence-corrected chi connectivity index (χ2v) is 4.52. The number of benzene rings is 1. The molecule has 2 aromatic rings. The summed E-state index contributed by atoms with van der Waals surface area (Å²) < 4.78 is 15.7. The number of H-pyrrole nitrogens is 1. The summed E-state index contributed by atoms with van der Waals surface area (Å²) in [6.45, 7) is 1.75. The predicted molar refractivity (Wildman–Crippen MR) is 63.9 cm³/mol. The molecule has 0 unspecified atom stereocenters. The third kappa shape index (κ3) is 1.71. The number of nitrogens with zero attached hydrogens (tertiary/aromatic N) is 1. The van der Waals surface area contributed by atoms with E-state index in [2.05, 4.69) is 21.0 Å². The van der Waals surface area contributed by atoms with Crippen molar-refractivity contribution in [2.45, 2.75) is 6.92 Å². The van der Waals surface area contributed by atoms with E-state index in [0.717, 1.165) is 4.47 Å². The van der Waals surface area contributed by atoms with Crippen molar-refractivity contribution in [1.82, 2.24) is 9.78 Å². The van der Waals surface area contributed by atoms with Gasteiger partial charge in [-0.2, -0.15) is 0 Å². The average Bonchev–Trinajstić information content (AvgIpc) is 2.46. The zero-order chi connectivity index (χ0) is 11.9. The number of hydrogen-bond donors (Lipinski definition) is 1. The molecule has 0 aliphatic rings. The van der Waals surface area contributed by atoms with E-state index in [1.165, 1.54) is 10.7 Å².